The monoisotopic (exact) mass is 286 g/mol. The summed E-state index contributed by atoms with van der Waals surface area (Å²) >= 11 is 3.25. The Balaban J connectivity index is 2.61. The first-order chi connectivity index (χ1) is 7.03. The van der Waals surface area contributed by atoms with Crippen LogP contribution in [-0.2, 0) is 9.84 Å². The van der Waals surface area contributed by atoms with Crippen molar-refractivity contribution in [3.05, 3.63) is 22.7 Å². The minimum atomic E-state index is -3.33. The number of nitrogens with one attached hydrogen (secondary N) is 1. The summed E-state index contributed by atoms with van der Waals surface area (Å²) in [5.41, 5.74) is 0.488. The minimum Gasteiger partial charge on any atom is -0.368 e. The van der Waals surface area contributed by atoms with E-state index in [0.29, 0.717) is 5.69 Å². The van der Waals surface area contributed by atoms with Crippen LogP contribution in [0.15, 0.2) is 27.6 Å². The van der Waals surface area contributed by atoms with Gasteiger partial charge in [0.25, 0.3) is 0 Å². The Labute approximate surface area is 96.0 Å². The number of halogens is 1. The molecule has 4 nitrogen and oxygen atoms in total. The number of fused-ring (bicyclic) bond motifs is 1. The molecule has 0 fully saturated rings. The van der Waals surface area contributed by atoms with E-state index in [1.807, 2.05) is 6.07 Å². The van der Waals surface area contributed by atoms with Crippen molar-refractivity contribution in [3.8, 4) is 6.07 Å². The maximum atomic E-state index is 11.7. The molecule has 1 aliphatic heterocycles. The van der Waals surface area contributed by atoms with Crippen molar-refractivity contribution in [1.29, 1.82) is 5.26 Å². The second-order valence-corrected chi connectivity index (χ2v) is 6.17. The Morgan fingerprint density at radius 1 is 1.53 bits per heavy atom. The van der Waals surface area contributed by atoms with Gasteiger partial charge in [-0.1, -0.05) is 15.9 Å². The first-order valence-electron chi connectivity index (χ1n) is 4.21. The fourth-order valence-electron chi connectivity index (χ4n) is 1.49. The van der Waals surface area contributed by atoms with Crippen LogP contribution in [0.1, 0.15) is 0 Å². The van der Waals surface area contributed by atoms with Gasteiger partial charge in [0.2, 0.25) is 0 Å². The Kier molecular flexibility index (Phi) is 2.44. The summed E-state index contributed by atoms with van der Waals surface area (Å²) in [4.78, 5) is 0.261. The molecule has 0 amide bonds. The average Bonchev–Trinajstić information content (AvgIpc) is 2.15. The maximum absolute atomic E-state index is 11.7. The fourth-order valence-corrected chi connectivity index (χ4v) is 3.36. The van der Waals surface area contributed by atoms with Crippen LogP contribution in [0, 0.1) is 11.3 Å². The quantitative estimate of drug-likeness (QED) is 0.785. The highest BCUT2D eigenvalue weighted by atomic mass is 79.9. The molecular formula is C9H7BrN2O2S. The molecule has 6 heteroatoms. The van der Waals surface area contributed by atoms with E-state index >= 15 is 0 Å². The lowest BCUT2D eigenvalue weighted by Gasteiger charge is -2.22. The van der Waals surface area contributed by atoms with Crippen molar-refractivity contribution in [2.75, 3.05) is 11.1 Å². The van der Waals surface area contributed by atoms with Crippen LogP contribution in [0.5, 0.6) is 0 Å². The summed E-state index contributed by atoms with van der Waals surface area (Å²) in [5.74, 6) is -0.169. The summed E-state index contributed by atoms with van der Waals surface area (Å²) in [5, 5.41) is 11.6. The lowest BCUT2D eigenvalue weighted by Crippen LogP contribution is -2.32. The second kappa shape index (κ2) is 3.51. The SMILES string of the molecule is N#CC1CS(=O)(=O)c2ccc(Br)cc2N1. The molecule has 0 aliphatic carbocycles. The van der Waals surface area contributed by atoms with Gasteiger partial charge in [0.1, 0.15) is 6.04 Å². The standard InChI is InChI=1S/C9H7BrN2O2S/c10-6-1-2-9-8(3-6)12-7(4-11)5-15(9,13)14/h1-3,7,12H,5H2. The molecule has 1 aliphatic rings. The zero-order valence-corrected chi connectivity index (χ0v) is 9.97. The van der Waals surface area contributed by atoms with Gasteiger partial charge in [0.15, 0.2) is 9.84 Å². The number of nitriles is 1. The van der Waals surface area contributed by atoms with Gasteiger partial charge in [0, 0.05) is 4.47 Å². The first kappa shape index (κ1) is 10.5. The van der Waals surface area contributed by atoms with E-state index in [1.54, 1.807) is 12.1 Å². The van der Waals surface area contributed by atoms with Crippen molar-refractivity contribution in [1.82, 2.24) is 0 Å². The lowest BCUT2D eigenvalue weighted by atomic mass is 10.2. The Morgan fingerprint density at radius 2 is 2.27 bits per heavy atom. The molecule has 0 spiro atoms. The number of hydrogen-bond donors (Lipinski definition) is 1. The molecule has 1 unspecified atom stereocenters. The summed E-state index contributed by atoms with van der Waals surface area (Å²) < 4.78 is 24.3. The second-order valence-electron chi connectivity index (χ2n) is 3.25. The molecule has 1 atom stereocenters. The van der Waals surface area contributed by atoms with Gasteiger partial charge in [0.05, 0.1) is 22.4 Å². The van der Waals surface area contributed by atoms with Crippen molar-refractivity contribution in [2.24, 2.45) is 0 Å². The van der Waals surface area contributed by atoms with E-state index < -0.39 is 15.9 Å². The zero-order chi connectivity index (χ0) is 11.1. The number of benzene rings is 1. The third kappa shape index (κ3) is 1.85. The van der Waals surface area contributed by atoms with Crippen LogP contribution in [0.4, 0.5) is 5.69 Å². The predicted octanol–water partition coefficient (Wildman–Crippen LogP) is 1.54. The third-order valence-electron chi connectivity index (χ3n) is 2.15. The van der Waals surface area contributed by atoms with Gasteiger partial charge in [-0.25, -0.2) is 8.42 Å². The van der Waals surface area contributed by atoms with E-state index in [1.165, 1.54) is 6.07 Å². The summed E-state index contributed by atoms with van der Waals surface area (Å²) in [7, 11) is -3.33. The fraction of sp³-hybridized carbons (Fsp3) is 0.222. The molecule has 0 bridgehead atoms. The van der Waals surface area contributed by atoms with Crippen LogP contribution < -0.4 is 5.32 Å². The van der Waals surface area contributed by atoms with Crippen molar-refractivity contribution in [3.63, 3.8) is 0 Å². The molecule has 1 N–H and O–H groups in total. The first-order valence-corrected chi connectivity index (χ1v) is 6.66. The summed E-state index contributed by atoms with van der Waals surface area (Å²) in [6, 6.07) is 6.12. The van der Waals surface area contributed by atoms with Crippen LogP contribution in [-0.4, -0.2) is 20.2 Å². The zero-order valence-electron chi connectivity index (χ0n) is 7.57. The Bertz CT molecular complexity index is 548. The molecule has 0 radical (unpaired) electrons. The van der Waals surface area contributed by atoms with Crippen LogP contribution >= 0.6 is 15.9 Å². The van der Waals surface area contributed by atoms with Crippen LogP contribution in [0.2, 0.25) is 0 Å². The van der Waals surface area contributed by atoms with Gasteiger partial charge < -0.3 is 5.32 Å². The van der Waals surface area contributed by atoms with E-state index in [0.717, 1.165) is 4.47 Å². The van der Waals surface area contributed by atoms with E-state index in [9.17, 15) is 8.42 Å². The van der Waals surface area contributed by atoms with Crippen molar-refractivity contribution in [2.45, 2.75) is 10.9 Å². The number of rotatable bonds is 0. The minimum absolute atomic E-state index is 0.169. The molecule has 0 saturated carbocycles. The molecule has 15 heavy (non-hydrogen) atoms. The van der Waals surface area contributed by atoms with E-state index in [2.05, 4.69) is 21.2 Å². The lowest BCUT2D eigenvalue weighted by molar-refractivity contribution is 0.591. The van der Waals surface area contributed by atoms with Gasteiger partial charge in [-0.15, -0.1) is 0 Å². The molecule has 1 heterocycles. The number of hydrogen-bond acceptors (Lipinski definition) is 4. The Hall–Kier alpha value is -1.06. The van der Waals surface area contributed by atoms with Crippen LogP contribution in [0.3, 0.4) is 0 Å². The molecule has 2 rings (SSSR count). The number of sulfone groups is 1. The third-order valence-corrected chi connectivity index (χ3v) is 4.44. The highest BCUT2D eigenvalue weighted by molar-refractivity contribution is 9.10. The van der Waals surface area contributed by atoms with Gasteiger partial charge in [-0.05, 0) is 18.2 Å². The van der Waals surface area contributed by atoms with Gasteiger partial charge in [-0.2, -0.15) is 5.26 Å². The molecule has 78 valence electrons. The predicted molar refractivity (Wildman–Crippen MR) is 59.2 cm³/mol. The van der Waals surface area contributed by atoms with Crippen LogP contribution in [0.25, 0.3) is 0 Å². The van der Waals surface area contributed by atoms with Crippen molar-refractivity contribution >= 4 is 31.5 Å². The average molecular weight is 287 g/mol. The van der Waals surface area contributed by atoms with Crippen molar-refractivity contribution < 1.29 is 8.42 Å². The summed E-state index contributed by atoms with van der Waals surface area (Å²) in [6.45, 7) is 0. The smallest absolute Gasteiger partial charge is 0.183 e. The normalized spacial score (nSPS) is 22.3. The molecule has 1 aromatic rings. The number of anilines is 1. The molecule has 0 aromatic heterocycles. The molecular weight excluding hydrogens is 280 g/mol. The largest absolute Gasteiger partial charge is 0.368 e. The highest BCUT2D eigenvalue weighted by Crippen LogP contribution is 2.30. The van der Waals surface area contributed by atoms with Gasteiger partial charge >= 0.3 is 0 Å². The van der Waals surface area contributed by atoms with Gasteiger partial charge in [-0.3, -0.25) is 0 Å². The molecule has 1 aromatic carbocycles. The maximum Gasteiger partial charge on any atom is 0.183 e. The van der Waals surface area contributed by atoms with E-state index in [-0.39, 0.29) is 10.6 Å². The topological polar surface area (TPSA) is 70.0 Å². The Morgan fingerprint density at radius 3 is 2.93 bits per heavy atom. The molecule has 0 saturated heterocycles. The number of nitrogens with zero attached hydrogens (tertiary/aromatic N) is 1. The summed E-state index contributed by atoms with van der Waals surface area (Å²) in [6.07, 6.45) is 0. The van der Waals surface area contributed by atoms with E-state index in [4.69, 9.17) is 5.26 Å². The highest BCUT2D eigenvalue weighted by Gasteiger charge is 2.29.